The minimum atomic E-state index is -0.830. The minimum absolute atomic E-state index is 0.00509. The summed E-state index contributed by atoms with van der Waals surface area (Å²) in [6, 6.07) is 3.84. The summed E-state index contributed by atoms with van der Waals surface area (Å²) in [5, 5.41) is 9.78. The lowest BCUT2D eigenvalue weighted by atomic mass is 9.81. The molecule has 23 heavy (non-hydrogen) atoms. The summed E-state index contributed by atoms with van der Waals surface area (Å²) < 4.78 is 0. The number of likely N-dealkylation sites (tertiary alicyclic amines) is 2. The van der Waals surface area contributed by atoms with Gasteiger partial charge in [-0.3, -0.25) is 14.5 Å². The number of hydrogen-bond acceptors (Lipinski definition) is 4. The minimum Gasteiger partial charge on any atom is -0.481 e. The first-order chi connectivity index (χ1) is 11.0. The summed E-state index contributed by atoms with van der Waals surface area (Å²) in [7, 11) is 0. The fraction of sp³-hybridized carbons (Fsp3) is 0.529. The van der Waals surface area contributed by atoms with Crippen LogP contribution in [0.25, 0.3) is 0 Å². The van der Waals surface area contributed by atoms with Gasteiger partial charge in [0.15, 0.2) is 0 Å². The average Bonchev–Trinajstić information content (AvgIpc) is 3.18. The van der Waals surface area contributed by atoms with Crippen molar-refractivity contribution in [3.8, 4) is 0 Å². The molecule has 124 valence electrons. The molecule has 0 aliphatic carbocycles. The Morgan fingerprint density at radius 2 is 2.22 bits per heavy atom. The number of carboxylic acids is 1. The van der Waals surface area contributed by atoms with E-state index in [1.54, 1.807) is 11.0 Å². The summed E-state index contributed by atoms with van der Waals surface area (Å²) in [4.78, 5) is 30.4. The molecule has 1 aromatic heterocycles. The summed E-state index contributed by atoms with van der Waals surface area (Å²) >= 11 is 1.51. The van der Waals surface area contributed by atoms with Crippen LogP contribution in [0.2, 0.25) is 0 Å². The first-order valence-corrected chi connectivity index (χ1v) is 8.76. The third kappa shape index (κ3) is 2.70. The lowest BCUT2D eigenvalue weighted by molar-refractivity contribution is -0.148. The third-order valence-electron chi connectivity index (χ3n) is 5.00. The Bertz CT molecular complexity index is 642. The number of thiophene rings is 1. The second kappa shape index (κ2) is 6.09. The molecule has 0 aromatic carbocycles. The first-order valence-electron chi connectivity index (χ1n) is 7.94. The molecule has 1 amide bonds. The molecule has 0 spiro atoms. The van der Waals surface area contributed by atoms with Gasteiger partial charge in [-0.1, -0.05) is 13.0 Å². The Labute approximate surface area is 140 Å². The molecule has 0 bridgehead atoms. The van der Waals surface area contributed by atoms with Gasteiger partial charge >= 0.3 is 5.97 Å². The number of aliphatic carboxylic acids is 1. The van der Waals surface area contributed by atoms with Crippen molar-refractivity contribution < 1.29 is 14.7 Å². The molecule has 2 saturated heterocycles. The predicted molar refractivity (Wildman–Crippen MR) is 89.8 cm³/mol. The number of fused-ring (bicyclic) bond motifs is 1. The molecular formula is C17H22N2O3S. The molecular weight excluding hydrogens is 312 g/mol. The molecule has 2 atom stereocenters. The highest BCUT2D eigenvalue weighted by atomic mass is 32.1. The van der Waals surface area contributed by atoms with Crippen LogP contribution in [0, 0.1) is 11.3 Å². The molecule has 2 aliphatic rings. The molecule has 1 aromatic rings. The zero-order valence-electron chi connectivity index (χ0n) is 13.3. The van der Waals surface area contributed by atoms with E-state index < -0.39 is 11.4 Å². The molecule has 2 aliphatic heterocycles. The van der Waals surface area contributed by atoms with Gasteiger partial charge in [0.1, 0.15) is 5.41 Å². The fourth-order valence-electron chi connectivity index (χ4n) is 3.79. The van der Waals surface area contributed by atoms with Crippen LogP contribution in [0.5, 0.6) is 0 Å². The number of carbonyl (C=O) groups is 2. The highest BCUT2D eigenvalue weighted by Gasteiger charge is 2.58. The van der Waals surface area contributed by atoms with E-state index in [0.29, 0.717) is 37.6 Å². The van der Waals surface area contributed by atoms with Gasteiger partial charge in [0.2, 0.25) is 0 Å². The Kier molecular flexibility index (Phi) is 4.29. The van der Waals surface area contributed by atoms with Crippen LogP contribution < -0.4 is 0 Å². The largest absolute Gasteiger partial charge is 0.481 e. The van der Waals surface area contributed by atoms with Crippen LogP contribution in [0.3, 0.4) is 0 Å². The Morgan fingerprint density at radius 3 is 2.78 bits per heavy atom. The van der Waals surface area contributed by atoms with Gasteiger partial charge < -0.3 is 10.0 Å². The molecule has 1 unspecified atom stereocenters. The van der Waals surface area contributed by atoms with Crippen LogP contribution in [-0.4, -0.2) is 59.5 Å². The summed E-state index contributed by atoms with van der Waals surface area (Å²) in [6.45, 7) is 8.53. The molecule has 0 radical (unpaired) electrons. The third-order valence-corrected chi connectivity index (χ3v) is 6.22. The number of carbonyl (C=O) groups excluding carboxylic acids is 1. The average molecular weight is 334 g/mol. The van der Waals surface area contributed by atoms with E-state index in [-0.39, 0.29) is 11.8 Å². The number of nitrogens with zero attached hydrogens (tertiary/aromatic N) is 2. The van der Waals surface area contributed by atoms with Gasteiger partial charge in [0, 0.05) is 43.5 Å². The Morgan fingerprint density at radius 1 is 1.43 bits per heavy atom. The molecule has 1 N–H and O–H groups in total. The van der Waals surface area contributed by atoms with Gasteiger partial charge in [0.05, 0.1) is 4.88 Å². The van der Waals surface area contributed by atoms with Crippen molar-refractivity contribution in [2.24, 2.45) is 11.3 Å². The molecule has 3 rings (SSSR count). The number of rotatable bonds is 5. The highest BCUT2D eigenvalue weighted by molar-refractivity contribution is 7.14. The van der Waals surface area contributed by atoms with Gasteiger partial charge in [-0.05, 0) is 18.6 Å². The maximum atomic E-state index is 12.7. The molecule has 3 heterocycles. The maximum absolute atomic E-state index is 12.7. The fourth-order valence-corrected chi connectivity index (χ4v) is 4.70. The lowest BCUT2D eigenvalue weighted by Gasteiger charge is -2.24. The van der Waals surface area contributed by atoms with Crippen molar-refractivity contribution >= 4 is 23.2 Å². The lowest BCUT2D eigenvalue weighted by Crippen LogP contribution is -2.42. The summed E-state index contributed by atoms with van der Waals surface area (Å²) in [6.07, 6.45) is 2.72. The van der Waals surface area contributed by atoms with E-state index in [4.69, 9.17) is 0 Å². The van der Waals surface area contributed by atoms with E-state index in [0.717, 1.165) is 6.42 Å². The summed E-state index contributed by atoms with van der Waals surface area (Å²) in [5.74, 6) is -0.820. The quantitative estimate of drug-likeness (QED) is 0.836. The van der Waals surface area contributed by atoms with E-state index in [1.807, 2.05) is 12.1 Å². The van der Waals surface area contributed by atoms with E-state index in [2.05, 4.69) is 18.4 Å². The molecule has 0 saturated carbocycles. The molecule has 5 nitrogen and oxygen atoms in total. The standard InChI is InChI=1S/C17H22N2O3S/c1-3-7-18-8-12-9-19(11-17(12,10-18)16(21)22)15(20)14-6-5-13(4-2)23-14/h3,5-6,12H,1,4,7-11H2,2H3,(H,21,22)/t12?,17-/m1/s1. The molecule has 6 heteroatoms. The van der Waals surface area contributed by atoms with Crippen molar-refractivity contribution in [2.75, 3.05) is 32.7 Å². The zero-order valence-corrected chi connectivity index (χ0v) is 14.1. The van der Waals surface area contributed by atoms with Crippen LogP contribution >= 0.6 is 11.3 Å². The van der Waals surface area contributed by atoms with Crippen molar-refractivity contribution in [1.82, 2.24) is 9.80 Å². The number of amides is 1. The Hall–Kier alpha value is -1.66. The van der Waals surface area contributed by atoms with E-state index in [9.17, 15) is 14.7 Å². The number of aryl methyl sites for hydroxylation is 1. The topological polar surface area (TPSA) is 60.9 Å². The van der Waals surface area contributed by atoms with Crippen LogP contribution in [0.15, 0.2) is 24.8 Å². The van der Waals surface area contributed by atoms with E-state index >= 15 is 0 Å². The van der Waals surface area contributed by atoms with Gasteiger partial charge in [-0.15, -0.1) is 17.9 Å². The van der Waals surface area contributed by atoms with Gasteiger partial charge in [-0.25, -0.2) is 0 Å². The van der Waals surface area contributed by atoms with Crippen molar-refractivity contribution in [3.63, 3.8) is 0 Å². The predicted octanol–water partition coefficient (Wildman–Crippen LogP) is 1.96. The normalized spacial score (nSPS) is 27.2. The monoisotopic (exact) mass is 334 g/mol. The van der Waals surface area contributed by atoms with Crippen LogP contribution in [0.4, 0.5) is 0 Å². The Balaban J connectivity index is 1.77. The van der Waals surface area contributed by atoms with Gasteiger partial charge in [0.25, 0.3) is 5.91 Å². The summed E-state index contributed by atoms with van der Waals surface area (Å²) in [5.41, 5.74) is -0.830. The first kappa shape index (κ1) is 16.2. The van der Waals surface area contributed by atoms with E-state index in [1.165, 1.54) is 16.2 Å². The SMILES string of the molecule is C=CCN1CC2CN(C(=O)c3ccc(CC)s3)C[C@]2(C(=O)O)C1. The second-order valence-electron chi connectivity index (χ2n) is 6.45. The van der Waals surface area contributed by atoms with Crippen molar-refractivity contribution in [2.45, 2.75) is 13.3 Å². The number of hydrogen-bond donors (Lipinski definition) is 1. The smallest absolute Gasteiger partial charge is 0.313 e. The number of carboxylic acid groups (broad SMARTS) is 1. The van der Waals surface area contributed by atoms with Crippen molar-refractivity contribution in [3.05, 3.63) is 34.5 Å². The molecule has 2 fully saturated rings. The second-order valence-corrected chi connectivity index (χ2v) is 7.61. The van der Waals surface area contributed by atoms with Gasteiger partial charge in [-0.2, -0.15) is 0 Å². The van der Waals surface area contributed by atoms with Crippen molar-refractivity contribution in [1.29, 1.82) is 0 Å². The highest BCUT2D eigenvalue weighted by Crippen LogP contribution is 2.43. The zero-order chi connectivity index (χ0) is 16.6. The van der Waals surface area contributed by atoms with Crippen LogP contribution in [0.1, 0.15) is 21.5 Å². The van der Waals surface area contributed by atoms with Crippen LogP contribution in [-0.2, 0) is 11.2 Å². The maximum Gasteiger partial charge on any atom is 0.313 e.